The molecule has 0 aromatic rings. The zero-order valence-corrected chi connectivity index (χ0v) is 13.6. The first-order valence-electron chi connectivity index (χ1n) is 9.02. The van der Waals surface area contributed by atoms with Gasteiger partial charge in [0.2, 0.25) is 0 Å². The van der Waals surface area contributed by atoms with Crippen LogP contribution in [0.25, 0.3) is 0 Å². The number of hydrogen-bond acceptors (Lipinski definition) is 1. The van der Waals surface area contributed by atoms with Gasteiger partial charge in [-0.05, 0) is 26.3 Å². The fourth-order valence-corrected chi connectivity index (χ4v) is 3.63. The van der Waals surface area contributed by atoms with E-state index in [4.69, 9.17) is 0 Å². The molecule has 0 spiro atoms. The van der Waals surface area contributed by atoms with Gasteiger partial charge in [-0.1, -0.05) is 84.0 Å². The predicted octanol–water partition coefficient (Wildman–Crippen LogP) is 5.83. The molecule has 0 atom stereocenters. The fourth-order valence-electron chi connectivity index (χ4n) is 3.63. The zero-order valence-electron chi connectivity index (χ0n) is 13.6. The lowest BCUT2D eigenvalue weighted by molar-refractivity contribution is 0.319. The topological polar surface area (TPSA) is 12.0 Å². The van der Waals surface area contributed by atoms with E-state index in [1.165, 1.54) is 96.3 Å². The van der Waals surface area contributed by atoms with Gasteiger partial charge in [-0.25, -0.2) is 0 Å². The smallest absolute Gasteiger partial charge is 0.0178 e. The van der Waals surface area contributed by atoms with Gasteiger partial charge in [0.25, 0.3) is 0 Å². The van der Waals surface area contributed by atoms with Crippen LogP contribution < -0.4 is 5.32 Å². The van der Waals surface area contributed by atoms with Gasteiger partial charge in [0.1, 0.15) is 0 Å². The van der Waals surface area contributed by atoms with E-state index in [2.05, 4.69) is 19.3 Å². The quantitative estimate of drug-likeness (QED) is 0.439. The number of rotatable bonds is 12. The standard InChI is InChI=1S/C18H37N/c1-3-4-5-6-7-8-9-10-11-12-15-18(19-2)16-13-14-17-18/h19H,3-17H2,1-2H3. The van der Waals surface area contributed by atoms with Crippen LogP contribution >= 0.6 is 0 Å². The normalized spacial score (nSPS) is 18.0. The Labute approximate surface area is 121 Å². The van der Waals surface area contributed by atoms with E-state index in [9.17, 15) is 0 Å². The number of hydrogen-bond donors (Lipinski definition) is 1. The number of unbranched alkanes of at least 4 members (excludes halogenated alkanes) is 9. The second-order valence-corrected chi connectivity index (χ2v) is 6.67. The Hall–Kier alpha value is -0.0400. The first-order chi connectivity index (χ1) is 9.33. The Kier molecular flexibility index (Phi) is 9.59. The highest BCUT2D eigenvalue weighted by molar-refractivity contribution is 4.91. The summed E-state index contributed by atoms with van der Waals surface area (Å²) in [6.45, 7) is 2.29. The summed E-state index contributed by atoms with van der Waals surface area (Å²) in [5, 5.41) is 3.61. The molecule has 0 aromatic heterocycles. The van der Waals surface area contributed by atoms with Crippen molar-refractivity contribution in [1.29, 1.82) is 0 Å². The molecule has 1 nitrogen and oxygen atoms in total. The third kappa shape index (κ3) is 7.34. The molecule has 1 aliphatic carbocycles. The Morgan fingerprint density at radius 3 is 1.68 bits per heavy atom. The molecule has 0 radical (unpaired) electrons. The maximum absolute atomic E-state index is 3.61. The molecular weight excluding hydrogens is 230 g/mol. The molecule has 1 saturated carbocycles. The van der Waals surface area contributed by atoms with Gasteiger partial charge < -0.3 is 5.32 Å². The number of nitrogens with one attached hydrogen (secondary N) is 1. The molecule has 1 N–H and O–H groups in total. The predicted molar refractivity (Wildman–Crippen MR) is 86.7 cm³/mol. The Balaban J connectivity index is 1.85. The maximum Gasteiger partial charge on any atom is 0.0178 e. The lowest BCUT2D eigenvalue weighted by atomic mass is 9.90. The van der Waals surface area contributed by atoms with E-state index >= 15 is 0 Å². The van der Waals surface area contributed by atoms with Crippen LogP contribution in [0.3, 0.4) is 0 Å². The Bertz CT molecular complexity index is 194. The highest BCUT2D eigenvalue weighted by Gasteiger charge is 2.30. The Morgan fingerprint density at radius 2 is 1.21 bits per heavy atom. The second-order valence-electron chi connectivity index (χ2n) is 6.67. The molecule has 1 fully saturated rings. The molecule has 0 heterocycles. The van der Waals surface area contributed by atoms with Crippen LogP contribution in [0.1, 0.15) is 103 Å². The lowest BCUT2D eigenvalue weighted by Crippen LogP contribution is -2.39. The van der Waals surface area contributed by atoms with Crippen LogP contribution in [0.5, 0.6) is 0 Å². The minimum absolute atomic E-state index is 0.528. The first-order valence-corrected chi connectivity index (χ1v) is 9.02. The molecule has 0 aromatic carbocycles. The molecule has 1 aliphatic rings. The molecule has 114 valence electrons. The van der Waals surface area contributed by atoms with Gasteiger partial charge in [-0.3, -0.25) is 0 Å². The highest BCUT2D eigenvalue weighted by Crippen LogP contribution is 2.33. The molecule has 19 heavy (non-hydrogen) atoms. The van der Waals surface area contributed by atoms with E-state index in [1.807, 2.05) is 0 Å². The summed E-state index contributed by atoms with van der Waals surface area (Å²) in [4.78, 5) is 0. The third-order valence-corrected chi connectivity index (χ3v) is 5.10. The van der Waals surface area contributed by atoms with Crippen molar-refractivity contribution < 1.29 is 0 Å². The van der Waals surface area contributed by atoms with Crippen molar-refractivity contribution in [3.05, 3.63) is 0 Å². The Morgan fingerprint density at radius 1 is 0.737 bits per heavy atom. The first kappa shape index (κ1) is 17.0. The summed E-state index contributed by atoms with van der Waals surface area (Å²) in [5.74, 6) is 0. The van der Waals surface area contributed by atoms with E-state index in [-0.39, 0.29) is 0 Å². The SMILES string of the molecule is CCCCCCCCCCCCC1(NC)CCCC1. The van der Waals surface area contributed by atoms with Gasteiger partial charge in [0, 0.05) is 5.54 Å². The van der Waals surface area contributed by atoms with Gasteiger partial charge in [-0.15, -0.1) is 0 Å². The van der Waals surface area contributed by atoms with E-state index in [0.717, 1.165) is 0 Å². The average Bonchev–Trinajstić information content (AvgIpc) is 2.90. The minimum Gasteiger partial charge on any atom is -0.314 e. The summed E-state index contributed by atoms with van der Waals surface area (Å²) < 4.78 is 0. The van der Waals surface area contributed by atoms with Crippen LogP contribution in [0, 0.1) is 0 Å². The largest absolute Gasteiger partial charge is 0.314 e. The molecule has 0 unspecified atom stereocenters. The van der Waals surface area contributed by atoms with Crippen LogP contribution in [0.15, 0.2) is 0 Å². The van der Waals surface area contributed by atoms with Crippen LogP contribution in [-0.2, 0) is 0 Å². The highest BCUT2D eigenvalue weighted by atomic mass is 14.9. The van der Waals surface area contributed by atoms with Crippen molar-refractivity contribution in [2.24, 2.45) is 0 Å². The summed E-state index contributed by atoms with van der Waals surface area (Å²) in [6.07, 6.45) is 21.7. The summed E-state index contributed by atoms with van der Waals surface area (Å²) in [7, 11) is 2.17. The monoisotopic (exact) mass is 267 g/mol. The van der Waals surface area contributed by atoms with Crippen molar-refractivity contribution in [2.45, 2.75) is 109 Å². The molecule has 0 saturated heterocycles. The van der Waals surface area contributed by atoms with Crippen LogP contribution in [-0.4, -0.2) is 12.6 Å². The van der Waals surface area contributed by atoms with Crippen molar-refractivity contribution in [3.8, 4) is 0 Å². The molecule has 0 bridgehead atoms. The van der Waals surface area contributed by atoms with Crippen molar-refractivity contribution in [2.75, 3.05) is 7.05 Å². The fraction of sp³-hybridized carbons (Fsp3) is 1.00. The summed E-state index contributed by atoms with van der Waals surface area (Å²) in [6, 6.07) is 0. The van der Waals surface area contributed by atoms with E-state index in [1.54, 1.807) is 0 Å². The maximum atomic E-state index is 3.61. The third-order valence-electron chi connectivity index (χ3n) is 5.10. The summed E-state index contributed by atoms with van der Waals surface area (Å²) in [5.41, 5.74) is 0.528. The van der Waals surface area contributed by atoms with Gasteiger partial charge in [-0.2, -0.15) is 0 Å². The van der Waals surface area contributed by atoms with Crippen LogP contribution in [0.4, 0.5) is 0 Å². The molecule has 1 rings (SSSR count). The molecule has 0 amide bonds. The zero-order chi connectivity index (χ0) is 13.8. The van der Waals surface area contributed by atoms with E-state index < -0.39 is 0 Å². The van der Waals surface area contributed by atoms with E-state index in [0.29, 0.717) is 5.54 Å². The molecule has 0 aliphatic heterocycles. The molecular formula is C18H37N. The van der Waals surface area contributed by atoms with Crippen LogP contribution in [0.2, 0.25) is 0 Å². The van der Waals surface area contributed by atoms with Gasteiger partial charge >= 0.3 is 0 Å². The van der Waals surface area contributed by atoms with Gasteiger partial charge in [0.05, 0.1) is 0 Å². The minimum atomic E-state index is 0.528. The van der Waals surface area contributed by atoms with Crippen molar-refractivity contribution in [1.82, 2.24) is 5.32 Å². The molecule has 1 heteroatoms. The lowest BCUT2D eigenvalue weighted by Gasteiger charge is -2.28. The average molecular weight is 268 g/mol. The second kappa shape index (κ2) is 10.7. The summed E-state index contributed by atoms with van der Waals surface area (Å²) >= 11 is 0. The van der Waals surface area contributed by atoms with Gasteiger partial charge in [0.15, 0.2) is 0 Å². The van der Waals surface area contributed by atoms with Crippen molar-refractivity contribution in [3.63, 3.8) is 0 Å². The van der Waals surface area contributed by atoms with Crippen molar-refractivity contribution >= 4 is 0 Å².